The maximum atomic E-state index is 11.6. The molecule has 1 N–H and O–H groups in total. The van der Waals surface area contributed by atoms with Gasteiger partial charge >= 0.3 is 0 Å². The van der Waals surface area contributed by atoms with E-state index >= 15 is 0 Å². The van der Waals surface area contributed by atoms with Gasteiger partial charge in [-0.3, -0.25) is 4.79 Å². The molecule has 0 bridgehead atoms. The Labute approximate surface area is 125 Å². The number of aromatic nitrogens is 1. The van der Waals surface area contributed by atoms with E-state index in [1.165, 1.54) is 0 Å². The molecule has 0 aliphatic rings. The summed E-state index contributed by atoms with van der Waals surface area (Å²) in [4.78, 5) is 11.6. The first-order valence-corrected chi connectivity index (χ1v) is 7.30. The zero-order valence-corrected chi connectivity index (χ0v) is 12.6. The topological polar surface area (TPSA) is 43.3 Å². The summed E-state index contributed by atoms with van der Waals surface area (Å²) >= 11 is 0. The van der Waals surface area contributed by atoms with Gasteiger partial charge in [-0.05, 0) is 25.6 Å². The van der Waals surface area contributed by atoms with Crippen molar-refractivity contribution in [3.05, 3.63) is 64.6 Å². The van der Waals surface area contributed by atoms with Crippen molar-refractivity contribution in [2.24, 2.45) is 0 Å². The number of pyridine rings is 1. The second kappa shape index (κ2) is 7.64. The molecule has 0 saturated carbocycles. The van der Waals surface area contributed by atoms with Gasteiger partial charge < -0.3 is 14.6 Å². The SMILES string of the molecule is CCC(NC)c1ccccc1OCCn1ccccc1=O. The molecule has 0 amide bonds. The van der Waals surface area contributed by atoms with E-state index in [0.29, 0.717) is 13.2 Å². The maximum absolute atomic E-state index is 11.6. The minimum Gasteiger partial charge on any atom is -0.491 e. The molecule has 0 spiro atoms. The molecule has 2 rings (SSSR count). The van der Waals surface area contributed by atoms with Crippen LogP contribution in [0.3, 0.4) is 0 Å². The molecule has 4 nitrogen and oxygen atoms in total. The monoisotopic (exact) mass is 286 g/mol. The van der Waals surface area contributed by atoms with Crippen molar-refractivity contribution in [2.75, 3.05) is 13.7 Å². The number of para-hydroxylation sites is 1. The Hall–Kier alpha value is -2.07. The van der Waals surface area contributed by atoms with Crippen molar-refractivity contribution in [3.63, 3.8) is 0 Å². The molecular weight excluding hydrogens is 264 g/mol. The van der Waals surface area contributed by atoms with Crippen LogP contribution in [0.2, 0.25) is 0 Å². The van der Waals surface area contributed by atoms with Crippen LogP contribution in [0, 0.1) is 0 Å². The van der Waals surface area contributed by atoms with Crippen LogP contribution in [-0.4, -0.2) is 18.2 Å². The summed E-state index contributed by atoms with van der Waals surface area (Å²) in [6.07, 6.45) is 2.77. The lowest BCUT2D eigenvalue weighted by atomic mass is 10.0. The third kappa shape index (κ3) is 3.95. The van der Waals surface area contributed by atoms with Gasteiger partial charge in [0.1, 0.15) is 12.4 Å². The van der Waals surface area contributed by atoms with E-state index < -0.39 is 0 Å². The highest BCUT2D eigenvalue weighted by atomic mass is 16.5. The van der Waals surface area contributed by atoms with Crippen molar-refractivity contribution in [2.45, 2.75) is 25.9 Å². The highest BCUT2D eigenvalue weighted by Crippen LogP contribution is 2.26. The summed E-state index contributed by atoms with van der Waals surface area (Å²) in [5, 5.41) is 3.29. The zero-order valence-electron chi connectivity index (χ0n) is 12.6. The molecule has 4 heteroatoms. The molecule has 0 aliphatic carbocycles. The molecule has 21 heavy (non-hydrogen) atoms. The van der Waals surface area contributed by atoms with E-state index in [0.717, 1.165) is 17.7 Å². The molecule has 1 heterocycles. The van der Waals surface area contributed by atoms with Gasteiger partial charge in [0.15, 0.2) is 0 Å². The van der Waals surface area contributed by atoms with Gasteiger partial charge in [-0.1, -0.05) is 31.2 Å². The lowest BCUT2D eigenvalue weighted by Crippen LogP contribution is -2.22. The average molecular weight is 286 g/mol. The quantitative estimate of drug-likeness (QED) is 0.851. The second-order valence-electron chi connectivity index (χ2n) is 4.87. The van der Waals surface area contributed by atoms with Gasteiger partial charge in [-0.15, -0.1) is 0 Å². The number of nitrogens with zero attached hydrogens (tertiary/aromatic N) is 1. The summed E-state index contributed by atoms with van der Waals surface area (Å²) in [5.41, 5.74) is 1.15. The van der Waals surface area contributed by atoms with Gasteiger partial charge in [-0.25, -0.2) is 0 Å². The van der Waals surface area contributed by atoms with Gasteiger partial charge in [0.2, 0.25) is 0 Å². The van der Waals surface area contributed by atoms with Crippen LogP contribution >= 0.6 is 0 Å². The molecule has 0 aliphatic heterocycles. The zero-order chi connectivity index (χ0) is 15.1. The lowest BCUT2D eigenvalue weighted by molar-refractivity contribution is 0.290. The summed E-state index contributed by atoms with van der Waals surface area (Å²) < 4.78 is 7.53. The van der Waals surface area contributed by atoms with Crippen LogP contribution < -0.4 is 15.6 Å². The molecule has 2 aromatic rings. The normalized spacial score (nSPS) is 12.1. The predicted octanol–water partition coefficient (Wildman–Crippen LogP) is 2.60. The van der Waals surface area contributed by atoms with Crippen LogP contribution in [-0.2, 0) is 6.54 Å². The Morgan fingerprint density at radius 1 is 1.19 bits per heavy atom. The Morgan fingerprint density at radius 2 is 1.95 bits per heavy atom. The van der Waals surface area contributed by atoms with Crippen molar-refractivity contribution in [1.82, 2.24) is 9.88 Å². The van der Waals surface area contributed by atoms with Crippen LogP contribution in [0.15, 0.2) is 53.5 Å². The first-order valence-electron chi connectivity index (χ1n) is 7.30. The minimum absolute atomic E-state index is 0.00366. The fraction of sp³-hybridized carbons (Fsp3) is 0.353. The molecule has 1 aromatic heterocycles. The summed E-state index contributed by atoms with van der Waals surface area (Å²) in [6.45, 7) is 3.16. The van der Waals surface area contributed by atoms with E-state index in [1.807, 2.05) is 31.3 Å². The molecule has 1 unspecified atom stereocenters. The van der Waals surface area contributed by atoms with E-state index in [9.17, 15) is 4.79 Å². The maximum Gasteiger partial charge on any atom is 0.250 e. The second-order valence-corrected chi connectivity index (χ2v) is 4.87. The molecule has 1 aromatic carbocycles. The number of hydrogen-bond donors (Lipinski definition) is 1. The number of rotatable bonds is 7. The standard InChI is InChI=1S/C17H22N2O2/c1-3-15(18-2)14-8-4-5-9-16(14)21-13-12-19-11-7-6-10-17(19)20/h4-11,15,18H,3,12-13H2,1-2H3. The van der Waals surface area contributed by atoms with Gasteiger partial charge in [0, 0.05) is 23.9 Å². The summed E-state index contributed by atoms with van der Waals surface area (Å²) in [5.74, 6) is 0.877. The van der Waals surface area contributed by atoms with Crippen molar-refractivity contribution in [1.29, 1.82) is 0 Å². The Morgan fingerprint density at radius 3 is 2.67 bits per heavy atom. The van der Waals surface area contributed by atoms with E-state index in [-0.39, 0.29) is 11.6 Å². The number of hydrogen-bond acceptors (Lipinski definition) is 3. The van der Waals surface area contributed by atoms with Crippen molar-refractivity contribution >= 4 is 0 Å². The van der Waals surface area contributed by atoms with E-state index in [2.05, 4.69) is 18.3 Å². The lowest BCUT2D eigenvalue weighted by Gasteiger charge is -2.19. The van der Waals surface area contributed by atoms with Gasteiger partial charge in [-0.2, -0.15) is 0 Å². The molecule has 112 valence electrons. The highest BCUT2D eigenvalue weighted by Gasteiger charge is 2.11. The van der Waals surface area contributed by atoms with Crippen LogP contribution in [0.25, 0.3) is 0 Å². The smallest absolute Gasteiger partial charge is 0.250 e. The fourth-order valence-electron chi connectivity index (χ4n) is 2.38. The Bertz CT molecular complexity index is 618. The number of ether oxygens (including phenoxy) is 1. The van der Waals surface area contributed by atoms with Crippen LogP contribution in [0.5, 0.6) is 5.75 Å². The first kappa shape index (κ1) is 15.3. The Kier molecular flexibility index (Phi) is 5.58. The Balaban J connectivity index is 2.04. The number of benzene rings is 1. The third-order valence-electron chi connectivity index (χ3n) is 3.54. The van der Waals surface area contributed by atoms with Gasteiger partial charge in [0.05, 0.1) is 6.54 Å². The molecule has 0 fully saturated rings. The van der Waals surface area contributed by atoms with Crippen molar-refractivity contribution < 1.29 is 4.74 Å². The molecule has 0 saturated heterocycles. The van der Waals surface area contributed by atoms with Gasteiger partial charge in [0.25, 0.3) is 5.56 Å². The van der Waals surface area contributed by atoms with E-state index in [4.69, 9.17) is 4.74 Å². The highest BCUT2D eigenvalue weighted by molar-refractivity contribution is 5.35. The first-order chi connectivity index (χ1) is 10.3. The molecular formula is C17H22N2O2. The largest absolute Gasteiger partial charge is 0.491 e. The van der Waals surface area contributed by atoms with Crippen LogP contribution in [0.1, 0.15) is 24.9 Å². The third-order valence-corrected chi connectivity index (χ3v) is 3.54. The van der Waals surface area contributed by atoms with E-state index in [1.54, 1.807) is 22.9 Å². The summed E-state index contributed by atoms with van der Waals surface area (Å²) in [7, 11) is 1.95. The van der Waals surface area contributed by atoms with Crippen molar-refractivity contribution in [3.8, 4) is 5.75 Å². The minimum atomic E-state index is -0.00366. The summed E-state index contributed by atoms with van der Waals surface area (Å²) in [6, 6.07) is 13.5. The average Bonchev–Trinajstić information content (AvgIpc) is 2.52. The molecule has 1 atom stereocenters. The predicted molar refractivity (Wildman–Crippen MR) is 84.7 cm³/mol. The fourth-order valence-corrected chi connectivity index (χ4v) is 2.38. The number of nitrogens with one attached hydrogen (secondary N) is 1. The van der Waals surface area contributed by atoms with Crippen LogP contribution in [0.4, 0.5) is 0 Å². The molecule has 0 radical (unpaired) electrons.